The summed E-state index contributed by atoms with van der Waals surface area (Å²) in [5.74, 6) is -2.06. The van der Waals surface area contributed by atoms with E-state index in [1.165, 1.54) is 6.92 Å². The van der Waals surface area contributed by atoms with E-state index in [0.717, 1.165) is 0 Å². The van der Waals surface area contributed by atoms with Gasteiger partial charge in [0.15, 0.2) is 6.23 Å². The van der Waals surface area contributed by atoms with Gasteiger partial charge < -0.3 is 15.2 Å². The minimum Gasteiger partial charge on any atom is -0.441 e. The summed E-state index contributed by atoms with van der Waals surface area (Å²) in [6, 6.07) is 0. The van der Waals surface area contributed by atoms with E-state index >= 15 is 0 Å². The van der Waals surface area contributed by atoms with Gasteiger partial charge in [0.2, 0.25) is 5.91 Å². The van der Waals surface area contributed by atoms with Crippen LogP contribution in [0, 0.1) is 5.92 Å². The van der Waals surface area contributed by atoms with Gasteiger partial charge in [-0.15, -0.1) is 0 Å². The van der Waals surface area contributed by atoms with E-state index < -0.39 is 36.8 Å². The average molecular weight is 191 g/mol. The summed E-state index contributed by atoms with van der Waals surface area (Å²) in [6.07, 6.45) is -2.30. The number of β-lactam (4-membered cyclic amide) rings is 1. The molecule has 1 unspecified atom stereocenters. The number of esters is 1. The minimum atomic E-state index is -1.40. The van der Waals surface area contributed by atoms with E-state index in [1.54, 1.807) is 0 Å². The highest BCUT2D eigenvalue weighted by Crippen LogP contribution is 2.20. The highest BCUT2D eigenvalue weighted by atomic mass is 19.1. The average Bonchev–Trinajstić information content (AvgIpc) is 2.02. The molecule has 1 fully saturated rings. The Hall–Kier alpha value is -1.17. The third kappa shape index (κ3) is 1.95. The Labute approximate surface area is 73.9 Å². The number of aliphatic hydroxyl groups is 1. The van der Waals surface area contributed by atoms with E-state index in [2.05, 4.69) is 10.1 Å². The lowest BCUT2D eigenvalue weighted by atomic mass is 9.93. The molecule has 0 bridgehead atoms. The van der Waals surface area contributed by atoms with Gasteiger partial charge in [0.05, 0.1) is 6.10 Å². The Morgan fingerprint density at radius 1 is 1.85 bits per heavy atom. The second-order valence-corrected chi connectivity index (χ2v) is 2.79. The van der Waals surface area contributed by atoms with Crippen molar-refractivity contribution in [3.05, 3.63) is 0 Å². The predicted molar refractivity (Wildman–Crippen MR) is 39.2 cm³/mol. The third-order valence-corrected chi connectivity index (χ3v) is 1.78. The lowest BCUT2D eigenvalue weighted by molar-refractivity contribution is -0.175. The molecule has 0 saturated carbocycles. The zero-order valence-electron chi connectivity index (χ0n) is 6.99. The van der Waals surface area contributed by atoms with E-state index in [9.17, 15) is 14.0 Å². The lowest BCUT2D eigenvalue weighted by Gasteiger charge is -2.37. The number of hydrogen-bond donors (Lipinski definition) is 2. The molecule has 1 aliphatic heterocycles. The fourth-order valence-electron chi connectivity index (χ4n) is 1.12. The molecule has 6 heteroatoms. The molecule has 0 spiro atoms. The number of rotatable bonds is 3. The molecule has 74 valence electrons. The number of carbonyl (C=O) groups is 2. The van der Waals surface area contributed by atoms with Crippen molar-refractivity contribution in [2.24, 2.45) is 5.92 Å². The minimum absolute atomic E-state index is 0.503. The predicted octanol–water partition coefficient (Wildman–Crippen LogP) is -1.05. The number of halogens is 1. The maximum Gasteiger partial charge on any atom is 0.304 e. The molecule has 1 aliphatic rings. The standard InChI is InChI=1S/C7H10FNO4/c1-3(10)13-7-5(4(11)2-8)6(12)9-7/h4-5,7,11H,2H2,1H3,(H,9,12)/t4-,5+,7?/m1/s1. The summed E-state index contributed by atoms with van der Waals surface area (Å²) in [4.78, 5) is 21.3. The SMILES string of the molecule is CC(=O)OC1NC(=O)[C@@H]1[C@H](O)CF. The van der Waals surface area contributed by atoms with Gasteiger partial charge >= 0.3 is 5.97 Å². The summed E-state index contributed by atoms with van der Waals surface area (Å²) in [6.45, 7) is 0.138. The molecule has 0 aromatic carbocycles. The highest BCUT2D eigenvalue weighted by molar-refractivity contribution is 5.86. The molecule has 1 heterocycles. The zero-order chi connectivity index (χ0) is 10.0. The molecule has 3 atom stereocenters. The van der Waals surface area contributed by atoms with Gasteiger partial charge in [-0.3, -0.25) is 9.59 Å². The first kappa shape index (κ1) is 9.91. The van der Waals surface area contributed by atoms with Gasteiger partial charge in [0.1, 0.15) is 12.6 Å². The van der Waals surface area contributed by atoms with Gasteiger partial charge in [0.25, 0.3) is 0 Å². The van der Waals surface area contributed by atoms with Crippen molar-refractivity contribution < 1.29 is 23.8 Å². The fourth-order valence-corrected chi connectivity index (χ4v) is 1.12. The van der Waals surface area contributed by atoms with E-state index in [4.69, 9.17) is 5.11 Å². The van der Waals surface area contributed by atoms with Crippen molar-refractivity contribution >= 4 is 11.9 Å². The normalized spacial score (nSPS) is 28.7. The smallest absolute Gasteiger partial charge is 0.304 e. The number of aliphatic hydroxyl groups excluding tert-OH is 1. The van der Waals surface area contributed by atoms with Crippen LogP contribution in [0.5, 0.6) is 0 Å². The van der Waals surface area contributed by atoms with Crippen LogP contribution in [0.15, 0.2) is 0 Å². The van der Waals surface area contributed by atoms with Crippen molar-refractivity contribution in [3.63, 3.8) is 0 Å². The first-order valence-corrected chi connectivity index (χ1v) is 3.78. The summed E-state index contributed by atoms with van der Waals surface area (Å²) in [7, 11) is 0. The number of hydrogen-bond acceptors (Lipinski definition) is 4. The molecule has 0 aliphatic carbocycles. The van der Waals surface area contributed by atoms with Crippen molar-refractivity contribution in [1.29, 1.82) is 0 Å². The van der Waals surface area contributed by atoms with Crippen LogP contribution in [0.1, 0.15) is 6.92 Å². The van der Waals surface area contributed by atoms with Crippen LogP contribution >= 0.6 is 0 Å². The Bertz CT molecular complexity index is 233. The Morgan fingerprint density at radius 3 is 2.85 bits per heavy atom. The Balaban J connectivity index is 2.50. The number of nitrogens with one attached hydrogen (secondary N) is 1. The lowest BCUT2D eigenvalue weighted by Crippen LogP contribution is -2.64. The van der Waals surface area contributed by atoms with Gasteiger partial charge in [-0.05, 0) is 0 Å². The molecule has 5 nitrogen and oxygen atoms in total. The second-order valence-electron chi connectivity index (χ2n) is 2.79. The molecular formula is C7H10FNO4. The van der Waals surface area contributed by atoms with Crippen LogP contribution in [-0.4, -0.2) is 36.0 Å². The quantitative estimate of drug-likeness (QED) is 0.441. The van der Waals surface area contributed by atoms with Gasteiger partial charge in [-0.1, -0.05) is 0 Å². The molecule has 0 radical (unpaired) electrons. The number of alkyl halides is 1. The highest BCUT2D eigenvalue weighted by Gasteiger charge is 2.46. The molecule has 0 aromatic heterocycles. The maximum absolute atomic E-state index is 12.0. The summed E-state index contributed by atoms with van der Waals surface area (Å²) in [5, 5.41) is 11.2. The molecule has 1 rings (SSSR count). The van der Waals surface area contributed by atoms with Crippen LogP contribution in [-0.2, 0) is 14.3 Å². The van der Waals surface area contributed by atoms with Gasteiger partial charge in [0, 0.05) is 6.92 Å². The van der Waals surface area contributed by atoms with Gasteiger partial charge in [-0.25, -0.2) is 4.39 Å². The molecular weight excluding hydrogens is 181 g/mol. The van der Waals surface area contributed by atoms with Crippen molar-refractivity contribution in [2.75, 3.05) is 6.67 Å². The largest absolute Gasteiger partial charge is 0.441 e. The van der Waals surface area contributed by atoms with Crippen molar-refractivity contribution in [1.82, 2.24) is 5.32 Å². The molecule has 2 N–H and O–H groups in total. The van der Waals surface area contributed by atoms with Crippen LogP contribution < -0.4 is 5.32 Å². The Morgan fingerprint density at radius 2 is 2.46 bits per heavy atom. The van der Waals surface area contributed by atoms with Crippen LogP contribution in [0.3, 0.4) is 0 Å². The molecule has 1 amide bonds. The third-order valence-electron chi connectivity index (χ3n) is 1.78. The van der Waals surface area contributed by atoms with E-state index in [-0.39, 0.29) is 0 Å². The van der Waals surface area contributed by atoms with Crippen LogP contribution in [0.2, 0.25) is 0 Å². The van der Waals surface area contributed by atoms with Crippen molar-refractivity contribution in [3.8, 4) is 0 Å². The zero-order valence-corrected chi connectivity index (χ0v) is 6.99. The molecule has 1 saturated heterocycles. The molecule has 13 heavy (non-hydrogen) atoms. The molecule has 0 aromatic rings. The second kappa shape index (κ2) is 3.69. The fraction of sp³-hybridized carbons (Fsp3) is 0.714. The first-order chi connectivity index (χ1) is 6.06. The van der Waals surface area contributed by atoms with Gasteiger partial charge in [-0.2, -0.15) is 0 Å². The topological polar surface area (TPSA) is 75.6 Å². The number of amides is 1. The summed E-state index contributed by atoms with van der Waals surface area (Å²) < 4.78 is 16.6. The first-order valence-electron chi connectivity index (χ1n) is 3.78. The summed E-state index contributed by atoms with van der Waals surface area (Å²) >= 11 is 0. The summed E-state index contributed by atoms with van der Waals surface area (Å²) in [5.41, 5.74) is 0. The monoisotopic (exact) mass is 191 g/mol. The van der Waals surface area contributed by atoms with E-state index in [0.29, 0.717) is 0 Å². The van der Waals surface area contributed by atoms with Crippen LogP contribution in [0.25, 0.3) is 0 Å². The van der Waals surface area contributed by atoms with E-state index in [1.807, 2.05) is 0 Å². The van der Waals surface area contributed by atoms with Crippen molar-refractivity contribution in [2.45, 2.75) is 19.3 Å². The van der Waals surface area contributed by atoms with Crippen LogP contribution in [0.4, 0.5) is 4.39 Å². The Kier molecular flexibility index (Phi) is 2.82. The number of carbonyl (C=O) groups excluding carboxylic acids is 2. The number of ether oxygens (including phenoxy) is 1. The maximum atomic E-state index is 12.0.